The van der Waals surface area contributed by atoms with Gasteiger partial charge in [0.05, 0.1) is 6.10 Å². The monoisotopic (exact) mass is 429 g/mol. The summed E-state index contributed by atoms with van der Waals surface area (Å²) in [6.07, 6.45) is 11.5. The number of nitrogens with one attached hydrogen (secondary N) is 2. The smallest absolute Gasteiger partial charge is 0.190 e. The highest BCUT2D eigenvalue weighted by atomic mass is 127. The highest BCUT2D eigenvalue weighted by Crippen LogP contribution is 2.20. The molecule has 1 rings (SSSR count). The average molecular weight is 429 g/mol. The number of hydrogen-bond donors (Lipinski definition) is 2. The molecule has 0 bridgehead atoms. The Labute approximate surface area is 151 Å². The average Bonchev–Trinajstić information content (AvgIpc) is 2.50. The van der Waals surface area contributed by atoms with Gasteiger partial charge in [-0.2, -0.15) is 11.8 Å². The minimum atomic E-state index is 0. The molecule has 0 unspecified atom stereocenters. The quantitative estimate of drug-likeness (QED) is 0.256. The number of hydrogen-bond acceptors (Lipinski definition) is 3. The summed E-state index contributed by atoms with van der Waals surface area (Å²) in [6.45, 7) is 2.77. The maximum absolute atomic E-state index is 5.91. The van der Waals surface area contributed by atoms with Crippen molar-refractivity contribution >= 4 is 41.7 Å². The van der Waals surface area contributed by atoms with Crippen LogP contribution in [-0.2, 0) is 4.74 Å². The highest BCUT2D eigenvalue weighted by molar-refractivity contribution is 14.0. The van der Waals surface area contributed by atoms with Crippen LogP contribution in [0.1, 0.15) is 44.9 Å². The Morgan fingerprint density at radius 3 is 2.43 bits per heavy atom. The van der Waals surface area contributed by atoms with Gasteiger partial charge in [0.25, 0.3) is 0 Å². The second-order valence-electron chi connectivity index (χ2n) is 5.26. The van der Waals surface area contributed by atoms with Crippen molar-refractivity contribution in [2.24, 2.45) is 4.99 Å². The van der Waals surface area contributed by atoms with Crippen molar-refractivity contribution in [3.63, 3.8) is 0 Å². The number of rotatable bonds is 9. The second kappa shape index (κ2) is 15.2. The molecule has 2 N–H and O–H groups in total. The largest absolute Gasteiger partial charge is 0.378 e. The molecule has 0 aromatic heterocycles. The molecule has 0 spiro atoms. The van der Waals surface area contributed by atoms with E-state index < -0.39 is 0 Å². The van der Waals surface area contributed by atoms with E-state index in [4.69, 9.17) is 4.74 Å². The van der Waals surface area contributed by atoms with Gasteiger partial charge in [0.15, 0.2) is 5.96 Å². The van der Waals surface area contributed by atoms with E-state index in [2.05, 4.69) is 21.9 Å². The van der Waals surface area contributed by atoms with Crippen molar-refractivity contribution in [1.29, 1.82) is 0 Å². The Bertz CT molecular complexity index is 261. The fraction of sp³-hybridized carbons (Fsp3) is 0.933. The zero-order chi connectivity index (χ0) is 14.5. The van der Waals surface area contributed by atoms with Crippen molar-refractivity contribution in [2.75, 3.05) is 38.8 Å². The molecule has 0 aromatic rings. The molecule has 4 nitrogen and oxygen atoms in total. The van der Waals surface area contributed by atoms with E-state index in [1.807, 2.05) is 18.8 Å². The first-order valence-corrected chi connectivity index (χ1v) is 9.31. The molecule has 21 heavy (non-hydrogen) atoms. The van der Waals surface area contributed by atoms with Crippen LogP contribution in [0.5, 0.6) is 0 Å². The highest BCUT2D eigenvalue weighted by Gasteiger charge is 2.12. The molecule has 126 valence electrons. The fourth-order valence-electron chi connectivity index (χ4n) is 2.40. The molecule has 6 heteroatoms. The summed E-state index contributed by atoms with van der Waals surface area (Å²) in [5.41, 5.74) is 0. The Hall–Kier alpha value is 0.310. The molecule has 1 aliphatic carbocycles. The van der Waals surface area contributed by atoms with Crippen LogP contribution in [0.3, 0.4) is 0 Å². The molecule has 0 aromatic carbocycles. The summed E-state index contributed by atoms with van der Waals surface area (Å²) >= 11 is 1.88. The second-order valence-corrected chi connectivity index (χ2v) is 6.24. The van der Waals surface area contributed by atoms with Gasteiger partial charge in [0.1, 0.15) is 0 Å². The van der Waals surface area contributed by atoms with Crippen molar-refractivity contribution in [1.82, 2.24) is 10.6 Å². The van der Waals surface area contributed by atoms with E-state index in [-0.39, 0.29) is 24.0 Å². The van der Waals surface area contributed by atoms with E-state index >= 15 is 0 Å². The first-order chi connectivity index (χ1) is 9.86. The van der Waals surface area contributed by atoms with Gasteiger partial charge in [-0.1, -0.05) is 19.3 Å². The van der Waals surface area contributed by atoms with Crippen LogP contribution >= 0.6 is 35.7 Å². The number of ether oxygens (including phenoxy) is 1. The van der Waals surface area contributed by atoms with Crippen molar-refractivity contribution in [3.05, 3.63) is 0 Å². The molecular formula is C15H32IN3OS. The van der Waals surface area contributed by atoms with Crippen LogP contribution in [-0.4, -0.2) is 50.8 Å². The molecule has 1 saturated carbocycles. The summed E-state index contributed by atoms with van der Waals surface area (Å²) in [7, 11) is 1.82. The lowest BCUT2D eigenvalue weighted by molar-refractivity contribution is 0.0277. The fourth-order valence-corrected chi connectivity index (χ4v) is 2.84. The van der Waals surface area contributed by atoms with Crippen LogP contribution in [0.4, 0.5) is 0 Å². The predicted molar refractivity (Wildman–Crippen MR) is 105 cm³/mol. The van der Waals surface area contributed by atoms with E-state index in [9.17, 15) is 0 Å². The van der Waals surface area contributed by atoms with Gasteiger partial charge >= 0.3 is 0 Å². The van der Waals surface area contributed by atoms with E-state index in [0.717, 1.165) is 32.1 Å². The summed E-state index contributed by atoms with van der Waals surface area (Å²) in [4.78, 5) is 4.22. The van der Waals surface area contributed by atoms with Gasteiger partial charge in [0, 0.05) is 26.7 Å². The van der Waals surface area contributed by atoms with E-state index in [1.54, 1.807) is 0 Å². The zero-order valence-electron chi connectivity index (χ0n) is 13.5. The molecule has 1 aliphatic rings. The molecule has 0 heterocycles. The molecule has 0 saturated heterocycles. The standard InChI is InChI=1S/C15H31N3OS.HI/c1-16-15(18-11-7-13-20-2)17-10-6-12-19-14-8-4-3-5-9-14;/h14H,3-13H2,1-2H3,(H2,16,17,18);1H. The van der Waals surface area contributed by atoms with Crippen molar-refractivity contribution in [2.45, 2.75) is 51.0 Å². The number of halogens is 1. The van der Waals surface area contributed by atoms with E-state index in [1.165, 1.54) is 44.3 Å². The van der Waals surface area contributed by atoms with Crippen LogP contribution in [0, 0.1) is 0 Å². The lowest BCUT2D eigenvalue weighted by Crippen LogP contribution is -2.38. The van der Waals surface area contributed by atoms with Gasteiger partial charge in [0.2, 0.25) is 0 Å². The minimum absolute atomic E-state index is 0. The van der Waals surface area contributed by atoms with Crippen LogP contribution in [0.15, 0.2) is 4.99 Å². The SMILES string of the molecule is CN=C(NCCCOC1CCCCC1)NCCCSC.I. The number of nitrogens with zero attached hydrogens (tertiary/aromatic N) is 1. The molecule has 0 atom stereocenters. The molecule has 0 radical (unpaired) electrons. The van der Waals surface area contributed by atoms with Crippen LogP contribution in [0.25, 0.3) is 0 Å². The summed E-state index contributed by atoms with van der Waals surface area (Å²) in [5, 5.41) is 6.67. The lowest BCUT2D eigenvalue weighted by atomic mass is 9.98. The van der Waals surface area contributed by atoms with Gasteiger partial charge in [-0.3, -0.25) is 4.99 Å². The molecular weight excluding hydrogens is 397 g/mol. The van der Waals surface area contributed by atoms with E-state index in [0.29, 0.717) is 6.10 Å². The first kappa shape index (κ1) is 21.3. The maximum Gasteiger partial charge on any atom is 0.190 e. The van der Waals surface area contributed by atoms with Crippen molar-refractivity contribution in [3.8, 4) is 0 Å². The third kappa shape index (κ3) is 11.5. The summed E-state index contributed by atoms with van der Waals surface area (Å²) < 4.78 is 5.91. The Kier molecular flexibility index (Phi) is 15.4. The van der Waals surface area contributed by atoms with Crippen LogP contribution < -0.4 is 10.6 Å². The van der Waals surface area contributed by atoms with Gasteiger partial charge in [-0.05, 0) is 37.7 Å². The Balaban J connectivity index is 0.00000400. The topological polar surface area (TPSA) is 45.7 Å². The summed E-state index contributed by atoms with van der Waals surface area (Å²) in [6, 6.07) is 0. The first-order valence-electron chi connectivity index (χ1n) is 7.92. The number of thioether (sulfide) groups is 1. The third-order valence-electron chi connectivity index (χ3n) is 3.56. The Morgan fingerprint density at radius 1 is 1.14 bits per heavy atom. The van der Waals surface area contributed by atoms with Crippen LogP contribution in [0.2, 0.25) is 0 Å². The molecule has 1 fully saturated rings. The summed E-state index contributed by atoms with van der Waals surface area (Å²) in [5.74, 6) is 2.10. The normalized spacial score (nSPS) is 16.4. The number of guanidine groups is 1. The zero-order valence-corrected chi connectivity index (χ0v) is 16.7. The minimum Gasteiger partial charge on any atom is -0.378 e. The van der Waals surface area contributed by atoms with Gasteiger partial charge < -0.3 is 15.4 Å². The van der Waals surface area contributed by atoms with Gasteiger partial charge in [-0.15, -0.1) is 24.0 Å². The molecule has 0 aliphatic heterocycles. The third-order valence-corrected chi connectivity index (χ3v) is 4.26. The maximum atomic E-state index is 5.91. The van der Waals surface area contributed by atoms with Crippen molar-refractivity contribution < 1.29 is 4.74 Å². The lowest BCUT2D eigenvalue weighted by Gasteiger charge is -2.22. The van der Waals surface area contributed by atoms with Gasteiger partial charge in [-0.25, -0.2) is 0 Å². The predicted octanol–water partition coefficient (Wildman–Crippen LogP) is 3.26. The Morgan fingerprint density at radius 2 is 1.81 bits per heavy atom. The number of aliphatic imine (C=N–C) groups is 1. The molecule has 0 amide bonds.